The second kappa shape index (κ2) is 7.26. The maximum Gasteiger partial charge on any atom is 0.409 e. The van der Waals surface area contributed by atoms with Gasteiger partial charge in [0.1, 0.15) is 6.04 Å². The Morgan fingerprint density at radius 3 is 2.73 bits per heavy atom. The molecule has 2 aliphatic heterocycles. The molecular weight excluding hydrogens is 347 g/mol. The number of carbonyl (C=O) groups is 2. The summed E-state index contributed by atoms with van der Waals surface area (Å²) in [5.74, 6) is -0.971. The first-order valence-electron chi connectivity index (χ1n) is 8.75. The highest BCUT2D eigenvalue weighted by Gasteiger charge is 2.49. The monoisotopic (exact) mass is 369 g/mol. The summed E-state index contributed by atoms with van der Waals surface area (Å²) in [4.78, 5) is 27.5. The van der Waals surface area contributed by atoms with Crippen LogP contribution in [0.25, 0.3) is 0 Å². The van der Waals surface area contributed by atoms with Crippen molar-refractivity contribution in [2.45, 2.75) is 38.4 Å². The molecule has 2 heterocycles. The summed E-state index contributed by atoms with van der Waals surface area (Å²) < 4.78 is 41.0. The van der Waals surface area contributed by atoms with Gasteiger partial charge < -0.3 is 5.32 Å². The van der Waals surface area contributed by atoms with Crippen molar-refractivity contribution in [3.8, 4) is 0 Å². The number of nitrogens with zero attached hydrogens (tertiary/aromatic N) is 2. The van der Waals surface area contributed by atoms with Crippen molar-refractivity contribution in [2.75, 3.05) is 29.9 Å². The predicted octanol–water partition coefficient (Wildman–Crippen LogP) is 3.02. The van der Waals surface area contributed by atoms with Crippen molar-refractivity contribution in [2.24, 2.45) is 5.92 Å². The van der Waals surface area contributed by atoms with E-state index in [1.807, 2.05) is 4.90 Å². The fraction of sp³-hybridized carbons (Fsp3) is 0.556. The topological polar surface area (TPSA) is 52.7 Å². The van der Waals surface area contributed by atoms with Gasteiger partial charge in [-0.15, -0.1) is 0 Å². The third kappa shape index (κ3) is 4.00. The molecular formula is C18H22F3N3O2. The lowest BCUT2D eigenvalue weighted by Gasteiger charge is -2.35. The molecule has 5 nitrogen and oxygen atoms in total. The quantitative estimate of drug-likeness (QED) is 0.872. The first kappa shape index (κ1) is 18.7. The minimum Gasteiger partial charge on any atom is -0.324 e. The molecule has 3 rings (SSSR count). The summed E-state index contributed by atoms with van der Waals surface area (Å²) in [6.07, 6.45) is -3.52. The van der Waals surface area contributed by atoms with Gasteiger partial charge in [-0.25, -0.2) is 0 Å². The molecule has 0 aliphatic carbocycles. The fourth-order valence-corrected chi connectivity index (χ4v) is 3.69. The van der Waals surface area contributed by atoms with Crippen molar-refractivity contribution >= 4 is 23.2 Å². The molecule has 0 aromatic heterocycles. The third-order valence-electron chi connectivity index (χ3n) is 4.87. The summed E-state index contributed by atoms with van der Waals surface area (Å²) in [5.41, 5.74) is 0.320. The second-order valence-corrected chi connectivity index (χ2v) is 7.07. The smallest absolute Gasteiger partial charge is 0.324 e. The largest absolute Gasteiger partial charge is 0.409 e. The SMILES string of the molecule is C[C@H]1CCCN(CC(=O)N2c3ccccc3NC(=O)C[C@@H]2C(F)(F)F)C1. The number of amides is 2. The Morgan fingerprint density at radius 1 is 1.31 bits per heavy atom. The highest BCUT2D eigenvalue weighted by Crippen LogP contribution is 2.37. The van der Waals surface area contributed by atoms with E-state index in [-0.39, 0.29) is 17.9 Å². The Balaban J connectivity index is 1.93. The number of hydrogen-bond acceptors (Lipinski definition) is 3. The number of carbonyl (C=O) groups excluding carboxylic acids is 2. The average molecular weight is 369 g/mol. The molecule has 0 saturated carbocycles. The number of piperidine rings is 1. The zero-order valence-electron chi connectivity index (χ0n) is 14.6. The molecule has 1 saturated heterocycles. The van der Waals surface area contributed by atoms with Crippen molar-refractivity contribution in [1.29, 1.82) is 0 Å². The number of halogens is 3. The first-order chi connectivity index (χ1) is 12.3. The van der Waals surface area contributed by atoms with Gasteiger partial charge in [0.15, 0.2) is 0 Å². The molecule has 0 bridgehead atoms. The van der Waals surface area contributed by atoms with Crippen LogP contribution >= 0.6 is 0 Å². The van der Waals surface area contributed by atoms with Crippen LogP contribution in [0.2, 0.25) is 0 Å². The fourth-order valence-electron chi connectivity index (χ4n) is 3.69. The van der Waals surface area contributed by atoms with E-state index >= 15 is 0 Å². The number of alkyl halides is 3. The number of hydrogen-bond donors (Lipinski definition) is 1. The number of para-hydroxylation sites is 2. The zero-order valence-corrected chi connectivity index (χ0v) is 14.6. The van der Waals surface area contributed by atoms with Crippen molar-refractivity contribution in [1.82, 2.24) is 4.90 Å². The summed E-state index contributed by atoms with van der Waals surface area (Å²) in [5, 5.41) is 2.47. The standard InChI is InChI=1S/C18H22F3N3O2/c1-12-5-4-8-23(10-12)11-17(26)24-14-7-3-2-6-13(14)22-16(25)9-15(24)18(19,20)21/h2-3,6-7,12,15H,4-5,8-11H2,1H3,(H,22,25)/t12-,15+/m0/s1. The van der Waals surface area contributed by atoms with Crippen LogP contribution in [0.15, 0.2) is 24.3 Å². The molecule has 1 aromatic carbocycles. The zero-order chi connectivity index (χ0) is 18.9. The molecule has 2 aliphatic rings. The van der Waals surface area contributed by atoms with Crippen LogP contribution in [0.4, 0.5) is 24.5 Å². The van der Waals surface area contributed by atoms with Crippen molar-refractivity contribution in [3.05, 3.63) is 24.3 Å². The molecule has 0 unspecified atom stereocenters. The molecule has 2 atom stereocenters. The number of likely N-dealkylation sites (tertiary alicyclic amines) is 1. The van der Waals surface area contributed by atoms with Crippen LogP contribution < -0.4 is 10.2 Å². The summed E-state index contributed by atoms with van der Waals surface area (Å²) in [6.45, 7) is 3.37. The first-order valence-corrected chi connectivity index (χ1v) is 8.75. The minimum atomic E-state index is -4.69. The minimum absolute atomic E-state index is 0.0839. The molecule has 26 heavy (non-hydrogen) atoms. The van der Waals surface area contributed by atoms with Gasteiger partial charge in [0.05, 0.1) is 24.3 Å². The van der Waals surface area contributed by atoms with E-state index in [0.29, 0.717) is 19.0 Å². The number of fused-ring (bicyclic) bond motifs is 1. The number of rotatable bonds is 2. The van der Waals surface area contributed by atoms with E-state index in [1.165, 1.54) is 12.1 Å². The van der Waals surface area contributed by atoms with Crippen LogP contribution in [0.5, 0.6) is 0 Å². The van der Waals surface area contributed by atoms with E-state index in [0.717, 1.165) is 17.7 Å². The van der Waals surface area contributed by atoms with E-state index in [1.54, 1.807) is 12.1 Å². The predicted molar refractivity (Wildman–Crippen MR) is 91.9 cm³/mol. The van der Waals surface area contributed by atoms with Gasteiger partial charge in [-0.1, -0.05) is 19.1 Å². The summed E-state index contributed by atoms with van der Waals surface area (Å²) in [7, 11) is 0. The van der Waals surface area contributed by atoms with Gasteiger partial charge >= 0.3 is 6.18 Å². The van der Waals surface area contributed by atoms with Crippen LogP contribution in [-0.2, 0) is 9.59 Å². The summed E-state index contributed by atoms with van der Waals surface area (Å²) >= 11 is 0. The second-order valence-electron chi connectivity index (χ2n) is 7.07. The van der Waals surface area contributed by atoms with Gasteiger partial charge in [-0.05, 0) is 37.4 Å². The molecule has 1 fully saturated rings. The maximum absolute atomic E-state index is 13.7. The maximum atomic E-state index is 13.7. The van der Waals surface area contributed by atoms with Crippen molar-refractivity contribution in [3.63, 3.8) is 0 Å². The van der Waals surface area contributed by atoms with E-state index < -0.39 is 30.5 Å². The van der Waals surface area contributed by atoms with Gasteiger partial charge in [-0.3, -0.25) is 19.4 Å². The van der Waals surface area contributed by atoms with E-state index in [4.69, 9.17) is 0 Å². The third-order valence-corrected chi connectivity index (χ3v) is 4.87. The van der Waals surface area contributed by atoms with Crippen LogP contribution in [-0.4, -0.2) is 48.6 Å². The Hall–Kier alpha value is -2.09. The van der Waals surface area contributed by atoms with Crippen LogP contribution in [0.1, 0.15) is 26.2 Å². The highest BCUT2D eigenvalue weighted by molar-refractivity contribution is 6.05. The lowest BCUT2D eigenvalue weighted by Crippen LogP contribution is -2.53. The lowest BCUT2D eigenvalue weighted by molar-refractivity contribution is -0.158. The number of nitrogens with one attached hydrogen (secondary N) is 1. The van der Waals surface area contributed by atoms with Gasteiger partial charge in [0.2, 0.25) is 11.8 Å². The molecule has 1 N–H and O–H groups in total. The number of benzene rings is 1. The normalized spacial score (nSPS) is 24.6. The van der Waals surface area contributed by atoms with Gasteiger partial charge in [0, 0.05) is 6.54 Å². The summed E-state index contributed by atoms with van der Waals surface area (Å²) in [6, 6.07) is 3.96. The molecule has 1 aromatic rings. The number of anilines is 2. The van der Waals surface area contributed by atoms with Crippen LogP contribution in [0.3, 0.4) is 0 Å². The highest BCUT2D eigenvalue weighted by atomic mass is 19.4. The van der Waals surface area contributed by atoms with Gasteiger partial charge in [0.25, 0.3) is 0 Å². The average Bonchev–Trinajstić information content (AvgIpc) is 2.70. The van der Waals surface area contributed by atoms with Crippen molar-refractivity contribution < 1.29 is 22.8 Å². The Kier molecular flexibility index (Phi) is 5.22. The van der Waals surface area contributed by atoms with Gasteiger partial charge in [-0.2, -0.15) is 13.2 Å². The Morgan fingerprint density at radius 2 is 2.04 bits per heavy atom. The molecule has 142 valence electrons. The lowest BCUT2D eigenvalue weighted by atomic mass is 10.0. The van der Waals surface area contributed by atoms with E-state index in [9.17, 15) is 22.8 Å². The molecule has 8 heteroatoms. The van der Waals surface area contributed by atoms with Crippen LogP contribution in [0, 0.1) is 5.92 Å². The van der Waals surface area contributed by atoms with E-state index in [2.05, 4.69) is 12.2 Å². The Bertz CT molecular complexity index is 693. The Labute approximate surface area is 150 Å². The molecule has 2 amide bonds. The molecule has 0 radical (unpaired) electrons. The molecule has 0 spiro atoms.